The number of hydrogen-bond acceptors (Lipinski definition) is 3. The average Bonchev–Trinajstić information content (AvgIpc) is 2.73. The lowest BCUT2D eigenvalue weighted by Gasteiger charge is -2.13. The Morgan fingerprint density at radius 1 is 1.38 bits per heavy atom. The molecule has 4 nitrogen and oxygen atoms in total. The molecule has 0 bridgehead atoms. The molecule has 0 saturated carbocycles. The highest BCUT2D eigenvalue weighted by Crippen LogP contribution is 2.27. The quantitative estimate of drug-likeness (QED) is 0.486. The van der Waals surface area contributed by atoms with Crippen molar-refractivity contribution >= 4 is 11.4 Å². The highest BCUT2D eigenvalue weighted by molar-refractivity contribution is 5.62. The Bertz CT molecular complexity index is 438. The van der Waals surface area contributed by atoms with Crippen molar-refractivity contribution in [3.8, 4) is 0 Å². The summed E-state index contributed by atoms with van der Waals surface area (Å²) >= 11 is 0. The summed E-state index contributed by atoms with van der Waals surface area (Å²) in [5, 5.41) is 13.8. The van der Waals surface area contributed by atoms with Crippen LogP contribution in [-0.2, 0) is 0 Å². The highest BCUT2D eigenvalue weighted by Gasteiger charge is 2.18. The van der Waals surface area contributed by atoms with Crippen molar-refractivity contribution in [3.05, 3.63) is 46.3 Å². The van der Waals surface area contributed by atoms with Crippen LogP contribution >= 0.6 is 0 Å². The van der Waals surface area contributed by atoms with Gasteiger partial charge in [-0.15, -0.1) is 0 Å². The van der Waals surface area contributed by atoms with Gasteiger partial charge in [-0.1, -0.05) is 12.2 Å². The third-order valence-corrected chi connectivity index (χ3v) is 2.52. The van der Waals surface area contributed by atoms with Gasteiger partial charge in [0.2, 0.25) is 0 Å². The Kier molecular flexibility index (Phi) is 2.85. The minimum absolute atomic E-state index is 0.171. The highest BCUT2D eigenvalue weighted by atomic mass is 19.1. The number of rotatable bonds is 3. The van der Waals surface area contributed by atoms with Crippen LogP contribution in [0.1, 0.15) is 12.8 Å². The predicted octanol–water partition coefficient (Wildman–Crippen LogP) is 2.86. The molecule has 1 aromatic carbocycles. The van der Waals surface area contributed by atoms with Gasteiger partial charge in [0.25, 0.3) is 5.69 Å². The first-order valence-electron chi connectivity index (χ1n) is 5.02. The number of nitro groups is 1. The van der Waals surface area contributed by atoms with Crippen LogP contribution in [0.5, 0.6) is 0 Å². The minimum Gasteiger partial charge on any atom is -0.376 e. The maximum absolute atomic E-state index is 12.9. The molecule has 0 aliphatic heterocycles. The van der Waals surface area contributed by atoms with Gasteiger partial charge in [-0.05, 0) is 25.0 Å². The molecule has 0 amide bonds. The molecule has 0 radical (unpaired) electrons. The fourth-order valence-corrected chi connectivity index (χ4v) is 1.73. The first-order valence-corrected chi connectivity index (χ1v) is 5.02. The Morgan fingerprint density at radius 3 is 2.69 bits per heavy atom. The lowest BCUT2D eigenvalue weighted by molar-refractivity contribution is -0.384. The topological polar surface area (TPSA) is 55.2 Å². The number of hydrogen-bond donors (Lipinski definition) is 1. The summed E-state index contributed by atoms with van der Waals surface area (Å²) in [5.74, 6) is -0.596. The molecule has 1 aliphatic carbocycles. The molecule has 1 aromatic rings. The van der Waals surface area contributed by atoms with Crippen LogP contribution in [0.25, 0.3) is 0 Å². The van der Waals surface area contributed by atoms with Crippen molar-refractivity contribution in [2.75, 3.05) is 5.32 Å². The van der Waals surface area contributed by atoms with E-state index in [1.54, 1.807) is 0 Å². The fraction of sp³-hybridized carbons (Fsp3) is 0.273. The molecule has 0 aromatic heterocycles. The van der Waals surface area contributed by atoms with Crippen LogP contribution in [0.15, 0.2) is 30.4 Å². The first kappa shape index (κ1) is 10.6. The van der Waals surface area contributed by atoms with Crippen molar-refractivity contribution in [2.45, 2.75) is 18.9 Å². The molecule has 0 heterocycles. The van der Waals surface area contributed by atoms with E-state index in [1.807, 2.05) is 12.2 Å². The number of nitro benzene ring substituents is 1. The van der Waals surface area contributed by atoms with Gasteiger partial charge in [-0.25, -0.2) is 4.39 Å². The van der Waals surface area contributed by atoms with Crippen LogP contribution in [0.4, 0.5) is 15.8 Å². The Balaban J connectivity index is 2.22. The first-order chi connectivity index (χ1) is 7.66. The molecule has 0 saturated heterocycles. The van der Waals surface area contributed by atoms with Gasteiger partial charge in [0.1, 0.15) is 11.5 Å². The van der Waals surface area contributed by atoms with Gasteiger partial charge in [0.15, 0.2) is 0 Å². The zero-order chi connectivity index (χ0) is 11.5. The summed E-state index contributed by atoms with van der Waals surface area (Å²) in [6, 6.07) is 3.73. The van der Waals surface area contributed by atoms with Crippen LogP contribution in [0.2, 0.25) is 0 Å². The Hall–Kier alpha value is -1.91. The summed E-state index contributed by atoms with van der Waals surface area (Å²) < 4.78 is 12.9. The minimum atomic E-state index is -0.596. The average molecular weight is 222 g/mol. The molecule has 0 spiro atoms. The molecular weight excluding hydrogens is 211 g/mol. The van der Waals surface area contributed by atoms with Gasteiger partial charge in [-0.3, -0.25) is 10.1 Å². The second-order valence-electron chi connectivity index (χ2n) is 3.70. The summed E-state index contributed by atoms with van der Waals surface area (Å²) in [4.78, 5) is 10.2. The van der Waals surface area contributed by atoms with Crippen molar-refractivity contribution in [3.63, 3.8) is 0 Å². The maximum atomic E-state index is 12.9. The lowest BCUT2D eigenvalue weighted by atomic mass is 10.2. The SMILES string of the molecule is O=[N+]([O-])c1cc(F)ccc1NC1CC=CC1. The van der Waals surface area contributed by atoms with Gasteiger partial charge in [-0.2, -0.15) is 0 Å². The van der Waals surface area contributed by atoms with E-state index >= 15 is 0 Å². The van der Waals surface area contributed by atoms with E-state index in [2.05, 4.69) is 5.32 Å². The van der Waals surface area contributed by atoms with Crippen molar-refractivity contribution in [1.29, 1.82) is 0 Å². The fourth-order valence-electron chi connectivity index (χ4n) is 1.73. The van der Waals surface area contributed by atoms with Crippen molar-refractivity contribution < 1.29 is 9.31 Å². The van der Waals surface area contributed by atoms with Crippen LogP contribution in [-0.4, -0.2) is 11.0 Å². The van der Waals surface area contributed by atoms with Gasteiger partial charge < -0.3 is 5.32 Å². The van der Waals surface area contributed by atoms with Gasteiger partial charge in [0, 0.05) is 6.04 Å². The molecule has 0 atom stereocenters. The third-order valence-electron chi connectivity index (χ3n) is 2.52. The number of benzene rings is 1. The summed E-state index contributed by atoms with van der Waals surface area (Å²) in [5.41, 5.74) is 0.159. The zero-order valence-electron chi connectivity index (χ0n) is 8.52. The third kappa shape index (κ3) is 2.18. The second-order valence-corrected chi connectivity index (χ2v) is 3.70. The van der Waals surface area contributed by atoms with Gasteiger partial charge >= 0.3 is 0 Å². The summed E-state index contributed by atoms with van der Waals surface area (Å²) in [6.45, 7) is 0. The van der Waals surface area contributed by atoms with E-state index in [0.29, 0.717) is 5.69 Å². The van der Waals surface area contributed by atoms with Crippen molar-refractivity contribution in [2.24, 2.45) is 0 Å². The predicted molar refractivity (Wildman–Crippen MR) is 58.8 cm³/mol. The monoisotopic (exact) mass is 222 g/mol. The smallest absolute Gasteiger partial charge is 0.295 e. The molecule has 84 valence electrons. The molecule has 0 unspecified atom stereocenters. The van der Waals surface area contributed by atoms with E-state index < -0.39 is 10.7 Å². The number of nitrogens with one attached hydrogen (secondary N) is 1. The zero-order valence-corrected chi connectivity index (χ0v) is 8.52. The Morgan fingerprint density at radius 2 is 2.06 bits per heavy atom. The van der Waals surface area contributed by atoms with E-state index in [1.165, 1.54) is 12.1 Å². The van der Waals surface area contributed by atoms with Gasteiger partial charge in [0.05, 0.1) is 11.0 Å². The molecule has 5 heteroatoms. The summed E-state index contributed by atoms with van der Waals surface area (Å²) in [7, 11) is 0. The largest absolute Gasteiger partial charge is 0.376 e. The van der Waals surface area contributed by atoms with E-state index in [4.69, 9.17) is 0 Å². The standard InChI is InChI=1S/C11H11FN2O2/c12-8-5-6-10(11(7-8)14(15)16)13-9-3-1-2-4-9/h1-2,5-7,9,13H,3-4H2. The Labute approximate surface area is 91.9 Å². The molecule has 16 heavy (non-hydrogen) atoms. The number of nitrogens with zero attached hydrogens (tertiary/aromatic N) is 1. The molecular formula is C11H11FN2O2. The molecule has 1 aliphatic rings. The van der Waals surface area contributed by atoms with Crippen LogP contribution in [0, 0.1) is 15.9 Å². The van der Waals surface area contributed by atoms with Crippen molar-refractivity contribution in [1.82, 2.24) is 0 Å². The van der Waals surface area contributed by atoms with E-state index in [-0.39, 0.29) is 11.7 Å². The molecule has 0 fully saturated rings. The summed E-state index contributed by atoms with van der Waals surface area (Å²) in [6.07, 6.45) is 5.73. The number of halogens is 1. The normalized spacial score (nSPS) is 15.3. The van der Waals surface area contributed by atoms with Crippen LogP contribution in [0.3, 0.4) is 0 Å². The maximum Gasteiger partial charge on any atom is 0.295 e. The van der Waals surface area contributed by atoms with Crippen LogP contribution < -0.4 is 5.32 Å². The second kappa shape index (κ2) is 4.30. The lowest BCUT2D eigenvalue weighted by Crippen LogP contribution is -2.16. The van der Waals surface area contributed by atoms with E-state index in [0.717, 1.165) is 18.9 Å². The number of anilines is 1. The molecule has 2 rings (SSSR count). The van der Waals surface area contributed by atoms with E-state index in [9.17, 15) is 14.5 Å². The molecule has 1 N–H and O–H groups in total.